The highest BCUT2D eigenvalue weighted by atomic mass is 79.9. The molecule has 2 heterocycles. The first kappa shape index (κ1) is 14.8. The van der Waals surface area contributed by atoms with Gasteiger partial charge in [0, 0.05) is 27.7 Å². The van der Waals surface area contributed by atoms with E-state index in [1.165, 1.54) is 20.6 Å². The molecule has 104 valence electrons. The van der Waals surface area contributed by atoms with E-state index < -0.39 is 0 Å². The van der Waals surface area contributed by atoms with Gasteiger partial charge in [-0.3, -0.25) is 4.68 Å². The number of nitrogens with zero attached hydrogens (tertiary/aromatic N) is 2. The van der Waals surface area contributed by atoms with Crippen LogP contribution in [0.2, 0.25) is 0 Å². The zero-order valence-corrected chi connectivity index (χ0v) is 14.2. The molecule has 0 radical (unpaired) electrons. The van der Waals surface area contributed by atoms with Gasteiger partial charge in [-0.15, -0.1) is 11.3 Å². The average Bonchev–Trinajstić information content (AvgIpc) is 2.88. The largest absolute Gasteiger partial charge is 0.305 e. The van der Waals surface area contributed by atoms with Crippen LogP contribution in [-0.2, 0) is 7.05 Å². The number of hydrogen-bond acceptors (Lipinski definition) is 3. The molecule has 0 bridgehead atoms. The molecule has 19 heavy (non-hydrogen) atoms. The number of aryl methyl sites for hydroxylation is 2. The van der Waals surface area contributed by atoms with Gasteiger partial charge in [-0.2, -0.15) is 5.10 Å². The summed E-state index contributed by atoms with van der Waals surface area (Å²) in [4.78, 5) is 1.33. The van der Waals surface area contributed by atoms with Crippen LogP contribution in [0.3, 0.4) is 0 Å². The maximum Gasteiger partial charge on any atom is 0.0718 e. The predicted molar refractivity (Wildman–Crippen MR) is 84.8 cm³/mol. The van der Waals surface area contributed by atoms with Crippen LogP contribution in [0.1, 0.15) is 41.2 Å². The highest BCUT2D eigenvalue weighted by molar-refractivity contribution is 9.10. The summed E-state index contributed by atoms with van der Waals surface area (Å²) in [6.07, 6.45) is 1.12. The number of thiophene rings is 1. The van der Waals surface area contributed by atoms with Crippen molar-refractivity contribution in [1.82, 2.24) is 15.1 Å². The lowest BCUT2D eigenvalue weighted by molar-refractivity contribution is 0.598. The molecular weight excluding hydrogens is 322 g/mol. The third kappa shape index (κ3) is 2.93. The lowest BCUT2D eigenvalue weighted by Gasteiger charge is -2.19. The molecule has 1 N–H and O–H groups in total. The van der Waals surface area contributed by atoms with E-state index in [0.717, 1.165) is 18.7 Å². The molecule has 2 rings (SSSR count). The van der Waals surface area contributed by atoms with Crippen molar-refractivity contribution < 1.29 is 0 Å². The van der Waals surface area contributed by atoms with E-state index in [1.54, 1.807) is 11.3 Å². The Morgan fingerprint density at radius 2 is 2.21 bits per heavy atom. The van der Waals surface area contributed by atoms with E-state index >= 15 is 0 Å². The molecule has 1 atom stereocenters. The van der Waals surface area contributed by atoms with Crippen molar-refractivity contribution in [1.29, 1.82) is 0 Å². The fourth-order valence-electron chi connectivity index (χ4n) is 2.33. The highest BCUT2D eigenvalue weighted by Gasteiger charge is 2.23. The summed E-state index contributed by atoms with van der Waals surface area (Å²) in [7, 11) is 2.01. The molecule has 0 amide bonds. The molecule has 3 nitrogen and oxygen atoms in total. The second-order valence-electron chi connectivity index (χ2n) is 4.73. The number of rotatable bonds is 5. The Labute approximate surface area is 127 Å². The molecule has 0 saturated carbocycles. The second kappa shape index (κ2) is 6.20. The van der Waals surface area contributed by atoms with E-state index in [2.05, 4.69) is 58.6 Å². The average molecular weight is 342 g/mol. The summed E-state index contributed by atoms with van der Waals surface area (Å²) in [5, 5.41) is 10.3. The third-order valence-corrected chi connectivity index (χ3v) is 5.29. The molecule has 2 aromatic rings. The lowest BCUT2D eigenvalue weighted by Crippen LogP contribution is -2.23. The van der Waals surface area contributed by atoms with Crippen molar-refractivity contribution in [3.05, 3.63) is 37.7 Å². The first-order chi connectivity index (χ1) is 9.06. The Morgan fingerprint density at radius 3 is 2.68 bits per heavy atom. The van der Waals surface area contributed by atoms with Gasteiger partial charge in [0.15, 0.2) is 0 Å². The Bertz CT molecular complexity index is 559. The molecule has 5 heteroatoms. The maximum absolute atomic E-state index is 4.55. The predicted octanol–water partition coefficient (Wildman–Crippen LogP) is 3.95. The van der Waals surface area contributed by atoms with Crippen molar-refractivity contribution >= 4 is 27.3 Å². The summed E-state index contributed by atoms with van der Waals surface area (Å²) in [5.41, 5.74) is 3.64. The van der Waals surface area contributed by atoms with E-state index in [4.69, 9.17) is 0 Å². The van der Waals surface area contributed by atoms with Crippen LogP contribution in [0.15, 0.2) is 15.9 Å². The Morgan fingerprint density at radius 1 is 1.47 bits per heavy atom. The van der Waals surface area contributed by atoms with Crippen LogP contribution in [0.4, 0.5) is 0 Å². The first-order valence-electron chi connectivity index (χ1n) is 6.52. The van der Waals surface area contributed by atoms with Crippen molar-refractivity contribution in [2.75, 3.05) is 6.54 Å². The van der Waals surface area contributed by atoms with Crippen LogP contribution in [-0.4, -0.2) is 16.3 Å². The summed E-state index contributed by atoms with van der Waals surface area (Å²) in [5.74, 6) is 0. The second-order valence-corrected chi connectivity index (χ2v) is 6.53. The van der Waals surface area contributed by atoms with Crippen molar-refractivity contribution in [3.8, 4) is 0 Å². The van der Waals surface area contributed by atoms with Gasteiger partial charge in [-0.1, -0.05) is 6.92 Å². The zero-order valence-electron chi connectivity index (χ0n) is 11.8. The summed E-state index contributed by atoms with van der Waals surface area (Å²) in [6.45, 7) is 7.42. The van der Waals surface area contributed by atoms with Gasteiger partial charge in [-0.05, 0) is 54.2 Å². The van der Waals surface area contributed by atoms with E-state index in [0.29, 0.717) is 0 Å². The lowest BCUT2D eigenvalue weighted by atomic mass is 10.0. The smallest absolute Gasteiger partial charge is 0.0718 e. The molecule has 2 aromatic heterocycles. The molecule has 0 saturated heterocycles. The fraction of sp³-hybridized carbons (Fsp3) is 0.500. The van der Waals surface area contributed by atoms with Gasteiger partial charge in [0.2, 0.25) is 0 Å². The zero-order chi connectivity index (χ0) is 14.0. The van der Waals surface area contributed by atoms with Gasteiger partial charge in [0.25, 0.3) is 0 Å². The summed E-state index contributed by atoms with van der Waals surface area (Å²) < 4.78 is 3.14. The fourth-order valence-corrected chi connectivity index (χ4v) is 4.02. The normalized spacial score (nSPS) is 12.9. The summed E-state index contributed by atoms with van der Waals surface area (Å²) in [6, 6.07) is 2.34. The Balaban J connectivity index is 2.46. The number of halogens is 1. The topological polar surface area (TPSA) is 29.9 Å². The number of hydrogen-bond donors (Lipinski definition) is 1. The summed E-state index contributed by atoms with van der Waals surface area (Å²) >= 11 is 5.44. The molecule has 1 unspecified atom stereocenters. The highest BCUT2D eigenvalue weighted by Crippen LogP contribution is 2.35. The molecule has 0 spiro atoms. The van der Waals surface area contributed by atoms with E-state index in [-0.39, 0.29) is 6.04 Å². The molecule has 0 fully saturated rings. The van der Waals surface area contributed by atoms with Crippen molar-refractivity contribution in [2.45, 2.75) is 33.2 Å². The minimum absolute atomic E-state index is 0.225. The monoisotopic (exact) mass is 341 g/mol. The minimum atomic E-state index is 0.225. The van der Waals surface area contributed by atoms with Crippen molar-refractivity contribution in [3.63, 3.8) is 0 Å². The van der Waals surface area contributed by atoms with Gasteiger partial charge in [0.1, 0.15) is 0 Å². The van der Waals surface area contributed by atoms with Crippen LogP contribution < -0.4 is 5.32 Å². The van der Waals surface area contributed by atoms with Crippen LogP contribution >= 0.6 is 27.3 Å². The van der Waals surface area contributed by atoms with Gasteiger partial charge in [-0.25, -0.2) is 0 Å². The van der Waals surface area contributed by atoms with Gasteiger partial charge >= 0.3 is 0 Å². The molecule has 0 aliphatic carbocycles. The van der Waals surface area contributed by atoms with E-state index in [9.17, 15) is 0 Å². The SMILES string of the molecule is CCCNC(c1sccc1Br)c1c(C)nn(C)c1C. The van der Waals surface area contributed by atoms with E-state index in [1.807, 2.05) is 11.7 Å². The van der Waals surface area contributed by atoms with Crippen LogP contribution in [0, 0.1) is 13.8 Å². The van der Waals surface area contributed by atoms with Crippen LogP contribution in [0.5, 0.6) is 0 Å². The molecule has 0 aliphatic rings. The van der Waals surface area contributed by atoms with Gasteiger partial charge < -0.3 is 5.32 Å². The molecular formula is C14H20BrN3S. The maximum atomic E-state index is 4.55. The third-order valence-electron chi connectivity index (χ3n) is 3.36. The number of aromatic nitrogens is 2. The first-order valence-corrected chi connectivity index (χ1v) is 8.19. The van der Waals surface area contributed by atoms with Crippen molar-refractivity contribution in [2.24, 2.45) is 7.05 Å². The van der Waals surface area contributed by atoms with Crippen LogP contribution in [0.25, 0.3) is 0 Å². The van der Waals surface area contributed by atoms with Gasteiger partial charge in [0.05, 0.1) is 11.7 Å². The standard InChI is InChI=1S/C14H20BrN3S/c1-5-7-16-13(14-11(15)6-8-19-14)12-9(2)17-18(4)10(12)3/h6,8,13,16H,5,7H2,1-4H3. The Hall–Kier alpha value is -0.650. The molecule has 0 aromatic carbocycles. The molecule has 0 aliphatic heterocycles. The minimum Gasteiger partial charge on any atom is -0.305 e. The quantitative estimate of drug-likeness (QED) is 0.892. The number of nitrogens with one attached hydrogen (secondary N) is 1. The Kier molecular flexibility index (Phi) is 4.81.